The SMILES string of the molecule is N[C@@H](CO)C(=O)N[C@@]1(C(=O)O)CS(=O)(=O)[C@H]2C[C@H]21. The molecule has 1 amide bonds. The molecule has 5 N–H and O–H groups in total. The predicted octanol–water partition coefficient (Wildman–Crippen LogP) is -2.94. The number of carboxylic acid groups (broad SMARTS) is 1. The van der Waals surface area contributed by atoms with Crippen molar-refractivity contribution in [2.45, 2.75) is 23.3 Å². The molecular weight excluding hydrogens is 264 g/mol. The van der Waals surface area contributed by atoms with Gasteiger partial charge >= 0.3 is 5.97 Å². The first-order valence-corrected chi connectivity index (χ1v) is 7.09. The van der Waals surface area contributed by atoms with Crippen LogP contribution in [0.4, 0.5) is 0 Å². The molecule has 0 unspecified atom stereocenters. The van der Waals surface area contributed by atoms with Gasteiger partial charge in [-0.05, 0) is 6.42 Å². The van der Waals surface area contributed by atoms with Crippen LogP contribution in [0.25, 0.3) is 0 Å². The molecule has 0 bridgehead atoms. The highest BCUT2D eigenvalue weighted by atomic mass is 32.2. The second kappa shape index (κ2) is 3.90. The van der Waals surface area contributed by atoms with E-state index in [0.29, 0.717) is 0 Å². The number of hydrogen-bond acceptors (Lipinski definition) is 6. The van der Waals surface area contributed by atoms with Gasteiger partial charge in [0.05, 0.1) is 17.6 Å². The van der Waals surface area contributed by atoms with E-state index >= 15 is 0 Å². The third-order valence-corrected chi connectivity index (χ3v) is 5.82. The van der Waals surface area contributed by atoms with Crippen LogP contribution in [0.3, 0.4) is 0 Å². The highest BCUT2D eigenvalue weighted by molar-refractivity contribution is 7.92. The number of rotatable bonds is 4. The summed E-state index contributed by atoms with van der Waals surface area (Å²) < 4.78 is 23.3. The third kappa shape index (κ3) is 1.78. The van der Waals surface area contributed by atoms with E-state index in [-0.39, 0.29) is 6.42 Å². The van der Waals surface area contributed by atoms with E-state index in [0.717, 1.165) is 0 Å². The highest BCUT2D eigenvalue weighted by Crippen LogP contribution is 2.52. The number of nitrogens with one attached hydrogen (secondary N) is 1. The number of carbonyl (C=O) groups excluding carboxylic acids is 1. The molecule has 1 aliphatic heterocycles. The molecule has 2 aliphatic rings. The zero-order valence-electron chi connectivity index (χ0n) is 9.37. The fourth-order valence-electron chi connectivity index (χ4n) is 2.42. The molecular formula is C9H14N2O6S. The van der Waals surface area contributed by atoms with Crippen molar-refractivity contribution in [1.29, 1.82) is 0 Å². The molecule has 4 atom stereocenters. The summed E-state index contributed by atoms with van der Waals surface area (Å²) in [5.74, 6) is -3.46. The minimum absolute atomic E-state index is 0.239. The summed E-state index contributed by atoms with van der Waals surface area (Å²) in [5.41, 5.74) is 3.48. The Hall–Kier alpha value is -1.19. The van der Waals surface area contributed by atoms with Gasteiger partial charge in [0.1, 0.15) is 6.04 Å². The molecule has 0 aromatic carbocycles. The fraction of sp³-hybridized carbons (Fsp3) is 0.778. The normalized spacial score (nSPS) is 37.7. The van der Waals surface area contributed by atoms with Crippen LogP contribution in [-0.2, 0) is 19.4 Å². The average molecular weight is 278 g/mol. The maximum atomic E-state index is 11.6. The Bertz CT molecular complexity index is 503. The van der Waals surface area contributed by atoms with Crippen LogP contribution in [0, 0.1) is 5.92 Å². The van der Waals surface area contributed by atoms with Gasteiger partial charge < -0.3 is 21.3 Å². The van der Waals surface area contributed by atoms with Crippen molar-refractivity contribution in [2.24, 2.45) is 11.7 Å². The van der Waals surface area contributed by atoms with Crippen molar-refractivity contribution in [2.75, 3.05) is 12.4 Å². The molecule has 102 valence electrons. The number of fused-ring (bicyclic) bond motifs is 1. The van der Waals surface area contributed by atoms with Crippen molar-refractivity contribution in [1.82, 2.24) is 5.32 Å². The van der Waals surface area contributed by atoms with Gasteiger partial charge in [0.25, 0.3) is 0 Å². The Morgan fingerprint density at radius 1 is 1.50 bits per heavy atom. The fourth-order valence-corrected chi connectivity index (χ4v) is 4.91. The van der Waals surface area contributed by atoms with Crippen molar-refractivity contribution in [3.8, 4) is 0 Å². The summed E-state index contributed by atoms with van der Waals surface area (Å²) in [6.07, 6.45) is 0.239. The van der Waals surface area contributed by atoms with E-state index in [1.54, 1.807) is 0 Å². The molecule has 1 aliphatic carbocycles. The largest absolute Gasteiger partial charge is 0.479 e. The Morgan fingerprint density at radius 3 is 2.44 bits per heavy atom. The van der Waals surface area contributed by atoms with Gasteiger partial charge in [-0.1, -0.05) is 0 Å². The molecule has 1 saturated carbocycles. The Morgan fingerprint density at radius 2 is 2.11 bits per heavy atom. The molecule has 2 fully saturated rings. The molecule has 0 aromatic rings. The van der Waals surface area contributed by atoms with Crippen LogP contribution in [0.2, 0.25) is 0 Å². The maximum Gasteiger partial charge on any atom is 0.330 e. The first kappa shape index (κ1) is 13.2. The third-order valence-electron chi connectivity index (χ3n) is 3.52. The first-order chi connectivity index (χ1) is 8.24. The molecule has 8 nitrogen and oxygen atoms in total. The minimum atomic E-state index is -3.48. The summed E-state index contributed by atoms with van der Waals surface area (Å²) in [6, 6.07) is -1.26. The topological polar surface area (TPSA) is 147 Å². The molecule has 2 rings (SSSR count). The van der Waals surface area contributed by atoms with Crippen LogP contribution in [0.5, 0.6) is 0 Å². The van der Waals surface area contributed by atoms with Crippen LogP contribution in [0.15, 0.2) is 0 Å². The van der Waals surface area contributed by atoms with Crippen molar-refractivity contribution in [3.05, 3.63) is 0 Å². The Balaban J connectivity index is 2.26. The number of amides is 1. The van der Waals surface area contributed by atoms with Gasteiger partial charge in [-0.25, -0.2) is 13.2 Å². The zero-order chi connectivity index (χ0) is 13.7. The second-order valence-corrected chi connectivity index (χ2v) is 6.96. The smallest absolute Gasteiger partial charge is 0.330 e. The number of carboxylic acids is 1. The lowest BCUT2D eigenvalue weighted by Gasteiger charge is -2.27. The lowest BCUT2D eigenvalue weighted by Crippen LogP contribution is -2.61. The molecule has 0 spiro atoms. The Labute approximate surface area is 103 Å². The van der Waals surface area contributed by atoms with E-state index < -0.39 is 56.8 Å². The molecule has 1 saturated heterocycles. The van der Waals surface area contributed by atoms with Crippen LogP contribution >= 0.6 is 0 Å². The predicted molar refractivity (Wildman–Crippen MR) is 59.3 cm³/mol. The van der Waals surface area contributed by atoms with Crippen molar-refractivity contribution >= 4 is 21.7 Å². The molecule has 1 heterocycles. The number of nitrogens with two attached hydrogens (primary N) is 1. The van der Waals surface area contributed by atoms with Crippen molar-refractivity contribution in [3.63, 3.8) is 0 Å². The van der Waals surface area contributed by atoms with Gasteiger partial charge in [-0.15, -0.1) is 0 Å². The van der Waals surface area contributed by atoms with Gasteiger partial charge in [-0.2, -0.15) is 0 Å². The van der Waals surface area contributed by atoms with E-state index in [9.17, 15) is 23.1 Å². The summed E-state index contributed by atoms with van der Waals surface area (Å²) in [7, 11) is -3.48. The number of hydrogen-bond donors (Lipinski definition) is 4. The van der Waals surface area contributed by atoms with E-state index in [4.69, 9.17) is 10.8 Å². The number of aliphatic carboxylic acids is 1. The summed E-state index contributed by atoms with van der Waals surface area (Å²) in [5, 5.41) is 19.4. The van der Waals surface area contributed by atoms with Crippen LogP contribution in [0.1, 0.15) is 6.42 Å². The average Bonchev–Trinajstić information content (AvgIpc) is 3.03. The Kier molecular flexibility index (Phi) is 2.87. The number of sulfone groups is 1. The van der Waals surface area contributed by atoms with Gasteiger partial charge in [0.2, 0.25) is 5.91 Å². The summed E-state index contributed by atoms with van der Waals surface area (Å²) >= 11 is 0. The van der Waals surface area contributed by atoms with Crippen molar-refractivity contribution < 1.29 is 28.2 Å². The lowest BCUT2D eigenvalue weighted by molar-refractivity contribution is -0.147. The van der Waals surface area contributed by atoms with Gasteiger partial charge in [-0.3, -0.25) is 4.79 Å². The monoisotopic (exact) mass is 278 g/mol. The van der Waals surface area contributed by atoms with E-state index in [2.05, 4.69) is 5.32 Å². The first-order valence-electron chi connectivity index (χ1n) is 5.38. The van der Waals surface area contributed by atoms with Gasteiger partial charge in [0, 0.05) is 5.92 Å². The lowest BCUT2D eigenvalue weighted by atomic mass is 9.95. The number of aliphatic hydroxyl groups is 1. The second-order valence-electron chi connectivity index (χ2n) is 4.74. The maximum absolute atomic E-state index is 11.6. The van der Waals surface area contributed by atoms with Crippen LogP contribution in [-0.4, -0.2) is 59.7 Å². The number of carbonyl (C=O) groups is 2. The van der Waals surface area contributed by atoms with E-state index in [1.807, 2.05) is 0 Å². The number of aliphatic hydroxyl groups excluding tert-OH is 1. The molecule has 9 heteroatoms. The van der Waals surface area contributed by atoms with Crippen LogP contribution < -0.4 is 11.1 Å². The molecule has 18 heavy (non-hydrogen) atoms. The molecule has 0 aromatic heterocycles. The zero-order valence-corrected chi connectivity index (χ0v) is 10.2. The highest BCUT2D eigenvalue weighted by Gasteiger charge is 2.70. The standard InChI is InChI=1S/C9H14N2O6S/c10-5(2-12)7(13)11-9(8(14)15)3-18(16,17)6-1-4(6)9/h4-6,12H,1-3,10H2,(H,11,13)(H,14,15)/t4-,5+,6+,9+/m1/s1. The van der Waals surface area contributed by atoms with E-state index in [1.165, 1.54) is 0 Å². The summed E-state index contributed by atoms with van der Waals surface area (Å²) in [4.78, 5) is 22.9. The quantitative estimate of drug-likeness (QED) is 0.430. The van der Waals surface area contributed by atoms with Gasteiger partial charge in [0.15, 0.2) is 15.4 Å². The summed E-state index contributed by atoms with van der Waals surface area (Å²) in [6.45, 7) is -0.637. The minimum Gasteiger partial charge on any atom is -0.479 e. The molecule has 0 radical (unpaired) electrons.